The molecule has 0 radical (unpaired) electrons. The van der Waals surface area contributed by atoms with Gasteiger partial charge in [0.25, 0.3) is 0 Å². The van der Waals surface area contributed by atoms with Gasteiger partial charge in [-0.25, -0.2) is 4.79 Å². The summed E-state index contributed by atoms with van der Waals surface area (Å²) in [4.78, 5) is 24.8. The fourth-order valence-corrected chi connectivity index (χ4v) is 3.60. The zero-order valence-electron chi connectivity index (χ0n) is 18.2. The lowest BCUT2D eigenvalue weighted by Gasteiger charge is -2.19. The fourth-order valence-electron chi connectivity index (χ4n) is 3.14. The molecule has 0 bridgehead atoms. The monoisotopic (exact) mass is 439 g/mol. The van der Waals surface area contributed by atoms with E-state index >= 15 is 0 Å². The molecule has 0 aliphatic carbocycles. The Morgan fingerprint density at radius 3 is 2.27 bits per heavy atom. The first-order valence-corrected chi connectivity index (χ1v) is 11.4. The number of amides is 3. The van der Waals surface area contributed by atoms with Gasteiger partial charge in [-0.2, -0.15) is 12.8 Å². The molecule has 2 unspecified atom stereocenters. The van der Waals surface area contributed by atoms with Crippen LogP contribution in [0.15, 0.2) is 28.6 Å². The van der Waals surface area contributed by atoms with Crippen LogP contribution in [0.4, 0.5) is 4.79 Å². The molecule has 0 heterocycles. The third-order valence-electron chi connectivity index (χ3n) is 4.66. The highest BCUT2D eigenvalue weighted by Crippen LogP contribution is 2.26. The summed E-state index contributed by atoms with van der Waals surface area (Å²) in [5, 5.41) is 5.02. The zero-order valence-corrected chi connectivity index (χ0v) is 19.0. The van der Waals surface area contributed by atoms with Crippen LogP contribution in [0.1, 0.15) is 70.8 Å². The van der Waals surface area contributed by atoms with Crippen molar-refractivity contribution < 1.29 is 22.7 Å². The molecule has 2 N–H and O–H groups in total. The second-order valence-corrected chi connectivity index (χ2v) is 8.14. The smallest absolute Gasteiger partial charge is 0.321 e. The standard InChI is InChI=1S/C21H33N3O5S/c1-5-6-7-8-17(24-30(27)28)11-14-19(16-9-12-18(29-4)13-10-16)20(25)23-21(26)22-15(2)3/h9-10,12-13,15,17,19H,5-8,11,14H2,1-4H3,(H2,22,23,25,26). The number of ether oxygens (including phenoxy) is 1. The zero-order chi connectivity index (χ0) is 22.5. The van der Waals surface area contributed by atoms with Crippen molar-refractivity contribution in [2.45, 2.75) is 77.3 Å². The highest BCUT2D eigenvalue weighted by Gasteiger charge is 2.24. The molecule has 1 aromatic carbocycles. The van der Waals surface area contributed by atoms with Gasteiger partial charge in [0.2, 0.25) is 5.91 Å². The molecule has 0 saturated heterocycles. The molecule has 0 aliphatic rings. The van der Waals surface area contributed by atoms with Gasteiger partial charge in [0.05, 0.1) is 19.1 Å². The SMILES string of the molecule is CCCCCC(CCC(C(=O)NC(=O)NC(C)C)c1ccc(OC)cc1)N=S(=O)=O. The molecule has 0 fully saturated rings. The first kappa shape index (κ1) is 25.6. The minimum atomic E-state index is -2.50. The summed E-state index contributed by atoms with van der Waals surface area (Å²) in [6.45, 7) is 5.68. The van der Waals surface area contributed by atoms with E-state index < -0.39 is 28.4 Å². The molecule has 1 rings (SSSR count). The Hall–Kier alpha value is -2.42. The lowest BCUT2D eigenvalue weighted by molar-refractivity contribution is -0.121. The quantitative estimate of drug-likeness (QED) is 0.481. The topological polar surface area (TPSA) is 114 Å². The third kappa shape index (κ3) is 9.87. The minimum Gasteiger partial charge on any atom is -0.497 e. The molecule has 30 heavy (non-hydrogen) atoms. The lowest BCUT2D eigenvalue weighted by Crippen LogP contribution is -2.44. The van der Waals surface area contributed by atoms with Crippen LogP contribution in [0.25, 0.3) is 0 Å². The number of nitrogens with zero attached hydrogens (tertiary/aromatic N) is 1. The first-order valence-electron chi connectivity index (χ1n) is 10.3. The largest absolute Gasteiger partial charge is 0.497 e. The number of imide groups is 1. The van der Waals surface area contributed by atoms with Crippen molar-refractivity contribution in [1.29, 1.82) is 0 Å². The van der Waals surface area contributed by atoms with E-state index in [0.29, 0.717) is 25.0 Å². The summed E-state index contributed by atoms with van der Waals surface area (Å²) < 4.78 is 31.1. The number of carbonyl (C=O) groups is 2. The number of carbonyl (C=O) groups excluding carboxylic acids is 2. The number of rotatable bonds is 12. The first-order chi connectivity index (χ1) is 14.3. The molecule has 0 aromatic heterocycles. The van der Waals surface area contributed by atoms with Crippen LogP contribution >= 0.6 is 0 Å². The summed E-state index contributed by atoms with van der Waals surface area (Å²) in [5.74, 6) is -0.392. The highest BCUT2D eigenvalue weighted by molar-refractivity contribution is 7.61. The Morgan fingerprint density at radius 2 is 1.73 bits per heavy atom. The van der Waals surface area contributed by atoms with Gasteiger partial charge < -0.3 is 10.1 Å². The number of hydrogen-bond acceptors (Lipinski definition) is 6. The van der Waals surface area contributed by atoms with Crippen LogP contribution in [0.2, 0.25) is 0 Å². The van der Waals surface area contributed by atoms with E-state index in [1.807, 2.05) is 0 Å². The highest BCUT2D eigenvalue weighted by atomic mass is 32.2. The summed E-state index contributed by atoms with van der Waals surface area (Å²) in [6, 6.07) is 6.01. The average molecular weight is 440 g/mol. The molecule has 3 amide bonds. The number of benzene rings is 1. The van der Waals surface area contributed by atoms with E-state index in [9.17, 15) is 18.0 Å². The van der Waals surface area contributed by atoms with Crippen molar-refractivity contribution >= 4 is 22.4 Å². The van der Waals surface area contributed by atoms with Gasteiger partial charge in [-0.3, -0.25) is 10.1 Å². The fraction of sp³-hybridized carbons (Fsp3) is 0.619. The lowest BCUT2D eigenvalue weighted by atomic mass is 9.90. The van der Waals surface area contributed by atoms with Crippen molar-refractivity contribution in [2.75, 3.05) is 7.11 Å². The van der Waals surface area contributed by atoms with E-state index in [4.69, 9.17) is 4.74 Å². The van der Waals surface area contributed by atoms with Crippen molar-refractivity contribution in [1.82, 2.24) is 10.6 Å². The van der Waals surface area contributed by atoms with Crippen LogP contribution in [-0.4, -0.2) is 39.5 Å². The van der Waals surface area contributed by atoms with Crippen molar-refractivity contribution in [2.24, 2.45) is 4.36 Å². The Balaban J connectivity index is 2.98. The summed E-state index contributed by atoms with van der Waals surface area (Å²) in [7, 11) is -0.941. The van der Waals surface area contributed by atoms with Gasteiger partial charge in [0.15, 0.2) is 0 Å². The average Bonchev–Trinajstić information content (AvgIpc) is 2.67. The van der Waals surface area contributed by atoms with Gasteiger partial charge in [-0.15, -0.1) is 0 Å². The molecule has 2 atom stereocenters. The number of hydrogen-bond donors (Lipinski definition) is 2. The van der Waals surface area contributed by atoms with Crippen molar-refractivity contribution in [3.05, 3.63) is 29.8 Å². The molecule has 0 spiro atoms. The van der Waals surface area contributed by atoms with Gasteiger partial charge in [0, 0.05) is 6.04 Å². The second-order valence-electron chi connectivity index (χ2n) is 7.49. The number of urea groups is 1. The van der Waals surface area contributed by atoms with Crippen LogP contribution in [0, 0.1) is 0 Å². The van der Waals surface area contributed by atoms with E-state index in [2.05, 4.69) is 21.9 Å². The molecule has 168 valence electrons. The van der Waals surface area contributed by atoms with Gasteiger partial charge >= 0.3 is 16.5 Å². The Labute approximate surface area is 180 Å². The molecule has 8 nitrogen and oxygen atoms in total. The van der Waals surface area contributed by atoms with Crippen LogP contribution in [0.3, 0.4) is 0 Å². The number of nitrogens with one attached hydrogen (secondary N) is 2. The molecule has 1 aromatic rings. The van der Waals surface area contributed by atoms with Crippen LogP contribution < -0.4 is 15.4 Å². The van der Waals surface area contributed by atoms with E-state index in [-0.39, 0.29) is 12.1 Å². The maximum atomic E-state index is 12.8. The molecule has 0 saturated carbocycles. The van der Waals surface area contributed by atoms with Crippen molar-refractivity contribution in [3.8, 4) is 5.75 Å². The van der Waals surface area contributed by atoms with Crippen LogP contribution in [-0.2, 0) is 15.3 Å². The molecule has 0 aliphatic heterocycles. The summed E-state index contributed by atoms with van der Waals surface area (Å²) in [6.07, 6.45) is 4.33. The van der Waals surface area contributed by atoms with Crippen LogP contribution in [0.5, 0.6) is 5.75 Å². The molecule has 9 heteroatoms. The summed E-state index contributed by atoms with van der Waals surface area (Å²) >= 11 is 0. The maximum Gasteiger partial charge on any atom is 0.321 e. The molecular weight excluding hydrogens is 406 g/mol. The van der Waals surface area contributed by atoms with Crippen molar-refractivity contribution in [3.63, 3.8) is 0 Å². The Bertz CT molecular complexity index is 798. The Morgan fingerprint density at radius 1 is 1.07 bits per heavy atom. The van der Waals surface area contributed by atoms with Gasteiger partial charge in [-0.05, 0) is 50.8 Å². The third-order valence-corrected chi connectivity index (χ3v) is 5.13. The minimum absolute atomic E-state index is 0.106. The second kappa shape index (κ2) is 13.7. The Kier molecular flexibility index (Phi) is 11.7. The van der Waals surface area contributed by atoms with E-state index in [0.717, 1.165) is 24.8 Å². The van der Waals surface area contributed by atoms with Gasteiger partial charge in [-0.1, -0.05) is 38.3 Å². The number of unbranched alkanes of at least 4 members (excludes halogenated alkanes) is 2. The predicted octanol–water partition coefficient (Wildman–Crippen LogP) is 3.80. The number of methoxy groups -OCH3 is 1. The van der Waals surface area contributed by atoms with E-state index in [1.165, 1.54) is 0 Å². The normalized spacial score (nSPS) is 12.7. The predicted molar refractivity (Wildman–Crippen MR) is 116 cm³/mol. The van der Waals surface area contributed by atoms with Gasteiger partial charge in [0.1, 0.15) is 5.75 Å². The maximum absolute atomic E-state index is 12.8. The summed E-state index contributed by atoms with van der Waals surface area (Å²) in [5.41, 5.74) is 0.723. The molecular formula is C21H33N3O5S. The van der Waals surface area contributed by atoms with E-state index in [1.54, 1.807) is 45.2 Å².